The Morgan fingerprint density at radius 3 is 2.35 bits per heavy atom. The third-order valence-electron chi connectivity index (χ3n) is 9.18. The number of aliphatic hydroxyl groups is 1. The predicted molar refractivity (Wildman–Crippen MR) is 192 cm³/mol. The third kappa shape index (κ3) is 10.7. The molecule has 1 aliphatic heterocycles. The zero-order valence-electron chi connectivity index (χ0n) is 30.6. The summed E-state index contributed by atoms with van der Waals surface area (Å²) >= 11 is 0. The van der Waals surface area contributed by atoms with Crippen molar-refractivity contribution in [2.45, 2.75) is 83.3 Å². The monoisotopic (exact) mass is 703 g/mol. The molecule has 1 N–H and O–H groups in total. The number of benzene rings is 2. The molecule has 2 aliphatic rings. The average molecular weight is 704 g/mol. The van der Waals surface area contributed by atoms with E-state index in [1.54, 1.807) is 32.5 Å². The van der Waals surface area contributed by atoms with Crippen LogP contribution in [0.25, 0.3) is 0 Å². The summed E-state index contributed by atoms with van der Waals surface area (Å²) in [5.74, 6) is -0.0521. The van der Waals surface area contributed by atoms with Gasteiger partial charge >= 0.3 is 6.09 Å². The van der Waals surface area contributed by atoms with E-state index in [1.165, 1.54) is 4.90 Å². The molecule has 0 spiro atoms. The van der Waals surface area contributed by atoms with Crippen LogP contribution in [-0.4, -0.2) is 90.7 Å². The summed E-state index contributed by atoms with van der Waals surface area (Å²) in [4.78, 5) is 36.0. The number of ether oxygens (including phenoxy) is 5. The van der Waals surface area contributed by atoms with Gasteiger partial charge in [-0.3, -0.25) is 4.79 Å². The topological polar surface area (TPSA) is 120 Å². The van der Waals surface area contributed by atoms with E-state index in [-0.39, 0.29) is 31.5 Å². The second-order valence-corrected chi connectivity index (χ2v) is 14.4. The molecule has 0 unspecified atom stereocenters. The molecule has 1 saturated heterocycles. The van der Waals surface area contributed by atoms with Crippen LogP contribution in [0.2, 0.25) is 0 Å². The molecule has 1 aliphatic carbocycles. The van der Waals surface area contributed by atoms with Crippen molar-refractivity contribution in [2.24, 2.45) is 5.92 Å². The molecule has 1 aromatic heterocycles. The highest BCUT2D eigenvalue weighted by Gasteiger charge is 2.51. The van der Waals surface area contributed by atoms with Gasteiger partial charge in [-0.15, -0.1) is 0 Å². The molecular weight excluding hydrogens is 650 g/mol. The van der Waals surface area contributed by atoms with Crippen molar-refractivity contribution < 1.29 is 38.4 Å². The molecule has 11 nitrogen and oxygen atoms in total. The van der Waals surface area contributed by atoms with Crippen molar-refractivity contribution in [2.75, 3.05) is 47.1 Å². The molecule has 5 rings (SSSR count). The number of piperidine rings is 1. The van der Waals surface area contributed by atoms with Crippen molar-refractivity contribution in [3.05, 3.63) is 89.1 Å². The Morgan fingerprint density at radius 2 is 1.69 bits per heavy atom. The first-order valence-corrected chi connectivity index (χ1v) is 17.9. The zero-order valence-corrected chi connectivity index (χ0v) is 30.6. The van der Waals surface area contributed by atoms with Crippen LogP contribution in [-0.2, 0) is 44.2 Å². The van der Waals surface area contributed by atoms with E-state index >= 15 is 0 Å². The van der Waals surface area contributed by atoms with Gasteiger partial charge in [0.1, 0.15) is 30.2 Å². The zero-order chi connectivity index (χ0) is 36.4. The minimum Gasteiger partial charge on any atom is -0.491 e. The fourth-order valence-corrected chi connectivity index (χ4v) is 6.40. The molecule has 2 amide bonds. The van der Waals surface area contributed by atoms with Gasteiger partial charge in [0, 0.05) is 64.3 Å². The van der Waals surface area contributed by atoms with Gasteiger partial charge in [-0.1, -0.05) is 36.4 Å². The molecule has 2 fully saturated rings. The van der Waals surface area contributed by atoms with Crippen LogP contribution in [0.4, 0.5) is 4.79 Å². The Labute approximate surface area is 301 Å². The number of carbonyl (C=O) groups excluding carboxylic acids is 2. The third-order valence-corrected chi connectivity index (χ3v) is 9.18. The van der Waals surface area contributed by atoms with Crippen LogP contribution in [0.15, 0.2) is 66.9 Å². The second-order valence-electron chi connectivity index (χ2n) is 14.4. The van der Waals surface area contributed by atoms with E-state index in [0.717, 1.165) is 42.4 Å². The molecule has 276 valence electrons. The number of amides is 2. The van der Waals surface area contributed by atoms with Gasteiger partial charge in [0.25, 0.3) is 0 Å². The molecule has 0 bridgehead atoms. The number of aryl methyl sites for hydroxylation is 1. The highest BCUT2D eigenvalue weighted by Crippen LogP contribution is 2.41. The van der Waals surface area contributed by atoms with Crippen LogP contribution in [0, 0.1) is 5.92 Å². The lowest BCUT2D eigenvalue weighted by Crippen LogP contribution is -2.58. The molecule has 2 atom stereocenters. The summed E-state index contributed by atoms with van der Waals surface area (Å²) in [5.41, 5.74) is 1.25. The number of nitrogens with zero attached hydrogens (tertiary/aromatic N) is 3. The fourth-order valence-electron chi connectivity index (χ4n) is 6.40. The quantitative estimate of drug-likeness (QED) is 0.182. The van der Waals surface area contributed by atoms with E-state index in [9.17, 15) is 14.7 Å². The van der Waals surface area contributed by atoms with E-state index in [1.807, 2.05) is 68.1 Å². The maximum absolute atomic E-state index is 14.8. The fraction of sp³-hybridized carbons (Fsp3) is 0.525. The van der Waals surface area contributed by atoms with Gasteiger partial charge in [0.05, 0.1) is 12.5 Å². The van der Waals surface area contributed by atoms with Crippen molar-refractivity contribution in [3.8, 4) is 11.6 Å². The van der Waals surface area contributed by atoms with Crippen LogP contribution >= 0.6 is 0 Å². The van der Waals surface area contributed by atoms with Gasteiger partial charge in [0.2, 0.25) is 11.8 Å². The average Bonchev–Trinajstić information content (AvgIpc) is 3.95. The minimum absolute atomic E-state index is 0.00214. The number of pyridine rings is 1. The van der Waals surface area contributed by atoms with E-state index in [4.69, 9.17) is 23.7 Å². The lowest BCUT2D eigenvalue weighted by Gasteiger charge is -2.45. The van der Waals surface area contributed by atoms with Crippen LogP contribution in [0.3, 0.4) is 0 Å². The van der Waals surface area contributed by atoms with Crippen LogP contribution in [0.5, 0.6) is 11.6 Å². The molecular formula is C40H53N3O8. The molecule has 51 heavy (non-hydrogen) atoms. The minimum atomic E-state index is -1.58. The number of methoxy groups -OCH3 is 2. The maximum atomic E-state index is 14.8. The van der Waals surface area contributed by atoms with Gasteiger partial charge < -0.3 is 38.6 Å². The van der Waals surface area contributed by atoms with Crippen molar-refractivity contribution in [1.82, 2.24) is 14.8 Å². The summed E-state index contributed by atoms with van der Waals surface area (Å²) in [6.07, 6.45) is 4.59. The van der Waals surface area contributed by atoms with E-state index in [2.05, 4.69) is 11.1 Å². The number of carbonyl (C=O) groups is 2. The van der Waals surface area contributed by atoms with Gasteiger partial charge in [-0.25, -0.2) is 9.78 Å². The van der Waals surface area contributed by atoms with Gasteiger partial charge in [-0.2, -0.15) is 0 Å². The summed E-state index contributed by atoms with van der Waals surface area (Å²) in [6.45, 7) is 7.85. The van der Waals surface area contributed by atoms with Gasteiger partial charge in [0.15, 0.2) is 0 Å². The van der Waals surface area contributed by atoms with E-state index in [0.29, 0.717) is 50.2 Å². The first-order chi connectivity index (χ1) is 24.5. The summed E-state index contributed by atoms with van der Waals surface area (Å²) in [5, 5.41) is 12.5. The number of rotatable bonds is 16. The molecule has 1 saturated carbocycles. The molecule has 2 aromatic carbocycles. The molecule has 11 heteroatoms. The first-order valence-electron chi connectivity index (χ1n) is 17.9. The van der Waals surface area contributed by atoms with Crippen molar-refractivity contribution >= 4 is 12.0 Å². The van der Waals surface area contributed by atoms with Crippen molar-refractivity contribution in [3.63, 3.8) is 0 Å². The SMILES string of the molecule is COCCCc1cc(CN(C(=O)[C@H]2CN(C(=O)OC(C)(C)C)CC[C@]2(O)c2ccc(OCc3ccccc3)nc2)C2CC2)cc(OCCOC)c1. The maximum Gasteiger partial charge on any atom is 0.410 e. The Morgan fingerprint density at radius 1 is 0.941 bits per heavy atom. The summed E-state index contributed by atoms with van der Waals surface area (Å²) < 4.78 is 28.1. The van der Waals surface area contributed by atoms with E-state index < -0.39 is 23.2 Å². The van der Waals surface area contributed by atoms with Crippen molar-refractivity contribution in [1.29, 1.82) is 0 Å². The lowest BCUT2D eigenvalue weighted by atomic mass is 9.75. The highest BCUT2D eigenvalue weighted by atomic mass is 16.6. The Kier molecular flexibility index (Phi) is 12.9. The first kappa shape index (κ1) is 38.1. The standard InChI is InChI=1S/C40H53N3O8/c1-39(2,3)51-38(45)42-18-17-40(46,32-13-16-36(41-25-32)50-28-29-10-7-6-8-11-29)35(27-42)37(44)43(33-14-15-33)26-31-22-30(12-9-19-47-4)23-34(24-31)49-21-20-48-5/h6-8,10-11,13,16,22-25,33,35,46H,9,12,14-15,17-21,26-28H2,1-5H3/t35-,40+/m1/s1. The molecule has 0 radical (unpaired) electrons. The summed E-state index contributed by atoms with van der Waals surface area (Å²) in [6, 6.07) is 19.4. The number of likely N-dealkylation sites (tertiary alicyclic amines) is 1. The van der Waals surface area contributed by atoms with Crippen LogP contribution in [0.1, 0.15) is 68.7 Å². The normalized spacial score (nSPS) is 19.0. The molecule has 3 aromatic rings. The van der Waals surface area contributed by atoms with Crippen LogP contribution < -0.4 is 9.47 Å². The number of hydrogen-bond donors (Lipinski definition) is 1. The Balaban J connectivity index is 1.42. The van der Waals surface area contributed by atoms with Gasteiger partial charge in [-0.05, 0) is 87.8 Å². The number of aromatic nitrogens is 1. The number of hydrogen-bond acceptors (Lipinski definition) is 9. The highest BCUT2D eigenvalue weighted by molar-refractivity contribution is 5.82. The molecule has 2 heterocycles. The Hall–Kier alpha value is -4.19. The Bertz CT molecular complexity index is 1550. The largest absolute Gasteiger partial charge is 0.491 e. The second kappa shape index (κ2) is 17.4. The summed E-state index contributed by atoms with van der Waals surface area (Å²) in [7, 11) is 3.32. The smallest absolute Gasteiger partial charge is 0.410 e. The predicted octanol–water partition coefficient (Wildman–Crippen LogP) is 5.90. The lowest BCUT2D eigenvalue weighted by molar-refractivity contribution is -0.155.